The zero-order chi connectivity index (χ0) is 20.6. The Bertz CT molecular complexity index is 1060. The molecule has 148 valence electrons. The maximum absolute atomic E-state index is 13.5. The maximum Gasteiger partial charge on any atom is 0.264 e. The molecule has 0 aliphatic rings. The molecule has 0 radical (unpaired) electrons. The molecule has 0 aliphatic heterocycles. The Kier molecular flexibility index (Phi) is 6.44. The fourth-order valence-electron chi connectivity index (χ4n) is 2.81. The summed E-state index contributed by atoms with van der Waals surface area (Å²) in [5.41, 5.74) is 2.56. The molecular weight excluding hydrogens is 448 g/mol. The number of nitrogens with zero attached hydrogens (tertiary/aromatic N) is 1. The Balaban J connectivity index is 2.68. The molecule has 0 heterocycles. The molecule has 0 aromatic heterocycles. The molecule has 0 bridgehead atoms. The number of halogens is 1. The van der Waals surface area contributed by atoms with Crippen molar-refractivity contribution < 1.29 is 12.6 Å². The lowest BCUT2D eigenvalue weighted by Gasteiger charge is -2.28. The average Bonchev–Trinajstić information content (AvgIpc) is 2.52. The summed E-state index contributed by atoms with van der Waals surface area (Å²) in [5.74, 6) is 0.113. The molecule has 1 unspecified atom stereocenters. The molecule has 2 aromatic rings. The normalized spacial score (nSPS) is 14.2. The number of rotatable bonds is 6. The molecule has 1 atom stereocenters. The van der Waals surface area contributed by atoms with Gasteiger partial charge in [-0.2, -0.15) is 0 Å². The molecule has 5 nitrogen and oxygen atoms in total. The van der Waals surface area contributed by atoms with E-state index in [4.69, 9.17) is 4.78 Å². The molecule has 0 fully saturated rings. The maximum atomic E-state index is 13.5. The van der Waals surface area contributed by atoms with Gasteiger partial charge in [-0.25, -0.2) is 17.4 Å². The lowest BCUT2D eigenvalue weighted by molar-refractivity contribution is 0.577. The molecule has 2 aromatic carbocycles. The van der Waals surface area contributed by atoms with Crippen LogP contribution in [-0.4, -0.2) is 25.4 Å². The van der Waals surface area contributed by atoms with Crippen molar-refractivity contribution >= 4 is 41.4 Å². The van der Waals surface area contributed by atoms with Crippen molar-refractivity contribution in [2.75, 3.05) is 17.1 Å². The van der Waals surface area contributed by atoms with Crippen LogP contribution in [0.25, 0.3) is 0 Å². The minimum absolute atomic E-state index is 0.0307. The van der Waals surface area contributed by atoms with Crippen LogP contribution in [0.15, 0.2) is 50.7 Å². The van der Waals surface area contributed by atoms with Gasteiger partial charge in [0.05, 0.1) is 25.2 Å². The van der Waals surface area contributed by atoms with Crippen LogP contribution in [0.3, 0.4) is 0 Å². The van der Waals surface area contributed by atoms with Crippen LogP contribution in [-0.2, 0) is 19.8 Å². The number of hydrogen-bond acceptors (Lipinski definition) is 4. The first-order chi connectivity index (χ1) is 12.3. The highest BCUT2D eigenvalue weighted by molar-refractivity contribution is 9.10. The molecule has 8 heteroatoms. The number of anilines is 1. The number of nitrogens with one attached hydrogen (secondary N) is 1. The molecule has 0 saturated carbocycles. The van der Waals surface area contributed by atoms with Crippen LogP contribution in [0.4, 0.5) is 5.69 Å². The summed E-state index contributed by atoms with van der Waals surface area (Å²) < 4.78 is 48.8. The van der Waals surface area contributed by atoms with Crippen molar-refractivity contribution in [1.82, 2.24) is 0 Å². The fourth-order valence-corrected chi connectivity index (χ4v) is 6.57. The Morgan fingerprint density at radius 3 is 2.22 bits per heavy atom. The van der Waals surface area contributed by atoms with Gasteiger partial charge in [-0.1, -0.05) is 31.5 Å². The van der Waals surface area contributed by atoms with Crippen LogP contribution >= 0.6 is 15.9 Å². The highest BCUT2D eigenvalue weighted by atomic mass is 79.9. The van der Waals surface area contributed by atoms with Gasteiger partial charge in [-0.05, 0) is 65.5 Å². The summed E-state index contributed by atoms with van der Waals surface area (Å²) in [6.45, 7) is 8.09. The first kappa shape index (κ1) is 21.9. The predicted molar refractivity (Wildman–Crippen MR) is 114 cm³/mol. The van der Waals surface area contributed by atoms with Gasteiger partial charge in [-0.15, -0.1) is 0 Å². The Morgan fingerprint density at radius 2 is 1.70 bits per heavy atom. The third-order valence-corrected chi connectivity index (χ3v) is 7.97. The summed E-state index contributed by atoms with van der Waals surface area (Å²) in [7, 11) is -6.95. The van der Waals surface area contributed by atoms with Crippen molar-refractivity contribution in [3.05, 3.63) is 52.0 Å². The van der Waals surface area contributed by atoms with Crippen LogP contribution in [0.5, 0.6) is 0 Å². The summed E-state index contributed by atoms with van der Waals surface area (Å²) in [6, 6.07) is 10.0. The van der Waals surface area contributed by atoms with E-state index in [1.807, 2.05) is 45.9 Å². The van der Waals surface area contributed by atoms with Crippen LogP contribution < -0.4 is 4.31 Å². The summed E-state index contributed by atoms with van der Waals surface area (Å²) in [5, 5.41) is 0. The van der Waals surface area contributed by atoms with Gasteiger partial charge in [0.1, 0.15) is 0 Å². The highest BCUT2D eigenvalue weighted by Crippen LogP contribution is 2.31. The molecular formula is C19H25BrN2O3S2. The quantitative estimate of drug-likeness (QED) is 0.645. The van der Waals surface area contributed by atoms with Crippen molar-refractivity contribution in [1.29, 1.82) is 4.78 Å². The van der Waals surface area contributed by atoms with Crippen molar-refractivity contribution in [3.63, 3.8) is 0 Å². The van der Waals surface area contributed by atoms with E-state index in [9.17, 15) is 12.6 Å². The van der Waals surface area contributed by atoms with Crippen molar-refractivity contribution in [2.24, 2.45) is 5.92 Å². The van der Waals surface area contributed by atoms with E-state index < -0.39 is 19.8 Å². The van der Waals surface area contributed by atoms with Gasteiger partial charge in [0.2, 0.25) is 0 Å². The minimum Gasteiger partial charge on any atom is -0.266 e. The molecule has 2 rings (SSSR count). The summed E-state index contributed by atoms with van der Waals surface area (Å²) in [4.78, 5) is 0.205. The number of hydrogen-bond donors (Lipinski definition) is 1. The van der Waals surface area contributed by atoms with E-state index in [-0.39, 0.29) is 15.7 Å². The zero-order valence-electron chi connectivity index (χ0n) is 16.1. The molecule has 0 amide bonds. The van der Waals surface area contributed by atoms with E-state index in [1.54, 1.807) is 0 Å². The fraction of sp³-hybridized carbons (Fsp3) is 0.368. The van der Waals surface area contributed by atoms with E-state index >= 15 is 0 Å². The molecule has 1 N–H and O–H groups in total. The van der Waals surface area contributed by atoms with Crippen molar-refractivity contribution in [2.45, 2.75) is 37.5 Å². The van der Waals surface area contributed by atoms with Gasteiger partial charge in [0.25, 0.3) is 10.0 Å². The number of aryl methyl sites for hydroxylation is 2. The average molecular weight is 473 g/mol. The van der Waals surface area contributed by atoms with Gasteiger partial charge >= 0.3 is 0 Å². The largest absolute Gasteiger partial charge is 0.266 e. The zero-order valence-corrected chi connectivity index (χ0v) is 19.3. The third-order valence-electron chi connectivity index (χ3n) is 4.06. The lowest BCUT2D eigenvalue weighted by Crippen LogP contribution is -2.35. The van der Waals surface area contributed by atoms with E-state index in [0.717, 1.165) is 11.1 Å². The highest BCUT2D eigenvalue weighted by Gasteiger charge is 2.28. The standard InChI is InChI=1S/C19H25BrN2O3S2/c1-13(2)12-22(18-9-6-14(3)10-15(18)4)27(24,25)16-7-8-17(20)19(11-16)26(5,21)23/h6-11,13,21H,12H2,1-5H3. The first-order valence-corrected chi connectivity index (χ1v) is 12.7. The SMILES string of the molecule is Cc1ccc(N(CC(C)C)S(=O)(=O)c2ccc(Br)c(S(C)(=N)=O)c2)c(C)c1. The van der Waals surface area contributed by atoms with Crippen molar-refractivity contribution in [3.8, 4) is 0 Å². The van der Waals surface area contributed by atoms with Gasteiger partial charge in [-0.3, -0.25) is 4.31 Å². The van der Waals surface area contributed by atoms with Crippen LogP contribution in [0.1, 0.15) is 25.0 Å². The van der Waals surface area contributed by atoms with E-state index in [2.05, 4.69) is 15.9 Å². The Labute approximate surface area is 170 Å². The minimum atomic E-state index is -3.88. The smallest absolute Gasteiger partial charge is 0.264 e. The van der Waals surface area contributed by atoms with Gasteiger partial charge in [0, 0.05) is 17.3 Å². The molecule has 0 spiro atoms. The van der Waals surface area contributed by atoms with Crippen LogP contribution in [0, 0.1) is 24.5 Å². The molecule has 0 saturated heterocycles. The second kappa shape index (κ2) is 7.93. The lowest BCUT2D eigenvalue weighted by atomic mass is 10.1. The molecule has 27 heavy (non-hydrogen) atoms. The number of sulfonamides is 1. The number of benzene rings is 2. The second-order valence-corrected chi connectivity index (χ2v) is 12.0. The second-order valence-electron chi connectivity index (χ2n) is 7.16. The first-order valence-electron chi connectivity index (χ1n) is 8.47. The molecule has 0 aliphatic carbocycles. The summed E-state index contributed by atoms with van der Waals surface area (Å²) >= 11 is 3.27. The topological polar surface area (TPSA) is 78.3 Å². The van der Waals surface area contributed by atoms with Gasteiger partial charge < -0.3 is 0 Å². The monoisotopic (exact) mass is 472 g/mol. The van der Waals surface area contributed by atoms with E-state index in [0.29, 0.717) is 16.7 Å². The van der Waals surface area contributed by atoms with Gasteiger partial charge in [0.15, 0.2) is 0 Å². The third kappa shape index (κ3) is 4.92. The predicted octanol–water partition coefficient (Wildman–Crippen LogP) is 4.95. The Morgan fingerprint density at radius 1 is 1.07 bits per heavy atom. The Hall–Kier alpha value is -1.38. The van der Waals surface area contributed by atoms with Crippen LogP contribution in [0.2, 0.25) is 0 Å². The summed E-state index contributed by atoms with van der Waals surface area (Å²) in [6.07, 6.45) is 1.28. The van der Waals surface area contributed by atoms with E-state index in [1.165, 1.54) is 28.8 Å².